The Balaban J connectivity index is 4.91. The fourth-order valence-electron chi connectivity index (χ4n) is 3.05. The van der Waals surface area contributed by atoms with Gasteiger partial charge in [-0.05, 0) is 17.8 Å². The Kier molecular flexibility index (Phi) is 12.3. The van der Waals surface area contributed by atoms with Crippen molar-refractivity contribution >= 4 is 18.0 Å². The van der Waals surface area contributed by atoms with Gasteiger partial charge in [0, 0.05) is 51.4 Å². The maximum atomic E-state index is 12.8. The molecule has 2 unspecified atom stereocenters. The summed E-state index contributed by atoms with van der Waals surface area (Å²) in [5.74, 6) is -0.0772. The summed E-state index contributed by atoms with van der Waals surface area (Å²) >= 11 is 0. The molecule has 0 aliphatic rings. The third kappa shape index (κ3) is 9.70. The van der Waals surface area contributed by atoms with Crippen LogP contribution in [-0.2, 0) is 14.4 Å². The number of hydrogen-bond donors (Lipinski definition) is 3. The van der Waals surface area contributed by atoms with Gasteiger partial charge >= 0.3 is 0 Å². The first-order valence-electron chi connectivity index (χ1n) is 9.44. The summed E-state index contributed by atoms with van der Waals surface area (Å²) in [6.45, 7) is 10.5. The molecule has 146 valence electrons. The van der Waals surface area contributed by atoms with E-state index in [2.05, 4.69) is 10.6 Å². The molecule has 4 N–H and O–H groups in total. The van der Waals surface area contributed by atoms with Crippen LogP contribution in [-0.4, -0.2) is 44.2 Å². The van der Waals surface area contributed by atoms with Gasteiger partial charge in [0.2, 0.25) is 5.91 Å². The van der Waals surface area contributed by atoms with Crippen molar-refractivity contribution in [3.8, 4) is 0 Å². The van der Waals surface area contributed by atoms with Gasteiger partial charge in [0.15, 0.2) is 0 Å². The molecule has 0 fully saturated rings. The first-order chi connectivity index (χ1) is 11.8. The SMILES string of the molecule is CCC(C)(CCC=O)C(CC(=O)NCCNCCN)C(=O)CC(C)C. The Hall–Kier alpha value is -1.27. The molecular formula is C19H37N3O3. The second-order valence-electron chi connectivity index (χ2n) is 7.42. The first kappa shape index (κ1) is 23.7. The van der Waals surface area contributed by atoms with Crippen LogP contribution in [0.25, 0.3) is 0 Å². The minimum Gasteiger partial charge on any atom is -0.355 e. The molecule has 0 spiro atoms. The van der Waals surface area contributed by atoms with Gasteiger partial charge in [0.05, 0.1) is 0 Å². The summed E-state index contributed by atoms with van der Waals surface area (Å²) in [4.78, 5) is 35.9. The monoisotopic (exact) mass is 355 g/mol. The van der Waals surface area contributed by atoms with E-state index < -0.39 is 0 Å². The van der Waals surface area contributed by atoms with E-state index in [0.717, 1.165) is 12.7 Å². The molecule has 1 amide bonds. The molecular weight excluding hydrogens is 318 g/mol. The molecule has 0 aromatic carbocycles. The van der Waals surface area contributed by atoms with Gasteiger partial charge in [-0.15, -0.1) is 0 Å². The third-order valence-corrected chi connectivity index (χ3v) is 4.81. The molecule has 0 aromatic heterocycles. The van der Waals surface area contributed by atoms with Crippen molar-refractivity contribution in [3.05, 3.63) is 0 Å². The summed E-state index contributed by atoms with van der Waals surface area (Å²) < 4.78 is 0. The Labute approximate surface area is 152 Å². The van der Waals surface area contributed by atoms with Gasteiger partial charge in [-0.2, -0.15) is 0 Å². The van der Waals surface area contributed by atoms with Crippen LogP contribution in [0.3, 0.4) is 0 Å². The van der Waals surface area contributed by atoms with Gasteiger partial charge in [0.25, 0.3) is 0 Å². The van der Waals surface area contributed by atoms with Crippen LogP contribution < -0.4 is 16.4 Å². The first-order valence-corrected chi connectivity index (χ1v) is 9.44. The Morgan fingerprint density at radius 2 is 1.84 bits per heavy atom. The topological polar surface area (TPSA) is 101 Å². The largest absolute Gasteiger partial charge is 0.355 e. The summed E-state index contributed by atoms with van der Waals surface area (Å²) in [6, 6.07) is 0. The van der Waals surface area contributed by atoms with Crippen LogP contribution in [0.2, 0.25) is 0 Å². The van der Waals surface area contributed by atoms with E-state index in [4.69, 9.17) is 5.73 Å². The standard InChI is InChI=1S/C19H37N3O3/c1-5-19(4,7-6-12-23)16(17(24)13-15(2)3)14-18(25)22-11-10-21-9-8-20/h12,15-16,21H,5-11,13-14,20H2,1-4H3,(H,22,25). The number of Topliss-reactive ketones (excluding diaryl/α,β-unsaturated/α-hetero) is 1. The van der Waals surface area contributed by atoms with Crippen LogP contribution in [0.15, 0.2) is 0 Å². The van der Waals surface area contributed by atoms with Crippen LogP contribution in [0.1, 0.15) is 59.8 Å². The average Bonchev–Trinajstić information content (AvgIpc) is 2.56. The van der Waals surface area contributed by atoms with Crippen molar-refractivity contribution in [2.75, 3.05) is 26.2 Å². The quantitative estimate of drug-likeness (QED) is 0.306. The van der Waals surface area contributed by atoms with Crippen molar-refractivity contribution in [2.45, 2.75) is 59.8 Å². The van der Waals surface area contributed by atoms with Crippen LogP contribution in [0, 0.1) is 17.3 Å². The highest BCUT2D eigenvalue weighted by Crippen LogP contribution is 2.39. The summed E-state index contributed by atoms with van der Waals surface area (Å²) in [5, 5.41) is 5.98. The molecule has 0 radical (unpaired) electrons. The Morgan fingerprint density at radius 3 is 2.36 bits per heavy atom. The number of ketones is 1. The summed E-state index contributed by atoms with van der Waals surface area (Å²) in [5.41, 5.74) is 5.07. The predicted molar refractivity (Wildman–Crippen MR) is 101 cm³/mol. The van der Waals surface area contributed by atoms with Gasteiger partial charge in [0.1, 0.15) is 12.1 Å². The summed E-state index contributed by atoms with van der Waals surface area (Å²) in [6.07, 6.45) is 3.35. The zero-order chi connectivity index (χ0) is 19.3. The van der Waals surface area contributed by atoms with Gasteiger partial charge in [-0.1, -0.05) is 34.1 Å². The van der Waals surface area contributed by atoms with Crippen molar-refractivity contribution in [1.29, 1.82) is 0 Å². The smallest absolute Gasteiger partial charge is 0.220 e. The van der Waals surface area contributed by atoms with E-state index in [0.29, 0.717) is 45.4 Å². The molecule has 0 bridgehead atoms. The molecule has 0 rings (SSSR count). The molecule has 2 atom stereocenters. The second kappa shape index (κ2) is 13.0. The van der Waals surface area contributed by atoms with Gasteiger partial charge < -0.3 is 21.2 Å². The lowest BCUT2D eigenvalue weighted by molar-refractivity contribution is -0.134. The maximum Gasteiger partial charge on any atom is 0.220 e. The fraction of sp³-hybridized carbons (Fsp3) is 0.842. The highest BCUT2D eigenvalue weighted by atomic mass is 16.2. The lowest BCUT2D eigenvalue weighted by atomic mass is 9.67. The molecule has 25 heavy (non-hydrogen) atoms. The van der Waals surface area contributed by atoms with E-state index >= 15 is 0 Å². The number of carbonyl (C=O) groups excluding carboxylic acids is 3. The third-order valence-electron chi connectivity index (χ3n) is 4.81. The average molecular weight is 356 g/mol. The van der Waals surface area contributed by atoms with E-state index in [-0.39, 0.29) is 35.4 Å². The molecule has 0 saturated carbocycles. The van der Waals surface area contributed by atoms with Crippen molar-refractivity contribution in [2.24, 2.45) is 23.0 Å². The number of nitrogens with one attached hydrogen (secondary N) is 2. The number of aldehydes is 1. The van der Waals surface area contributed by atoms with E-state index in [9.17, 15) is 14.4 Å². The minimum atomic E-state index is -0.350. The van der Waals surface area contributed by atoms with Crippen LogP contribution in [0.5, 0.6) is 0 Å². The van der Waals surface area contributed by atoms with E-state index in [1.807, 2.05) is 27.7 Å². The maximum absolute atomic E-state index is 12.8. The normalized spacial score (nSPS) is 14.8. The Morgan fingerprint density at radius 1 is 1.16 bits per heavy atom. The second-order valence-corrected chi connectivity index (χ2v) is 7.42. The zero-order valence-corrected chi connectivity index (χ0v) is 16.4. The minimum absolute atomic E-state index is 0.109. The highest BCUT2D eigenvalue weighted by Gasteiger charge is 2.38. The number of amides is 1. The molecule has 0 aromatic rings. The number of nitrogens with two attached hydrogens (primary N) is 1. The lowest BCUT2D eigenvalue weighted by Gasteiger charge is -2.36. The fourth-order valence-corrected chi connectivity index (χ4v) is 3.05. The molecule has 0 aliphatic heterocycles. The molecule has 0 aliphatic carbocycles. The number of rotatable bonds is 15. The van der Waals surface area contributed by atoms with Crippen molar-refractivity contribution < 1.29 is 14.4 Å². The van der Waals surface area contributed by atoms with Gasteiger partial charge in [-0.3, -0.25) is 9.59 Å². The van der Waals surface area contributed by atoms with E-state index in [1.165, 1.54) is 0 Å². The molecule has 6 heteroatoms. The predicted octanol–water partition coefficient (Wildman–Crippen LogP) is 1.67. The molecule has 0 heterocycles. The van der Waals surface area contributed by atoms with Crippen LogP contribution >= 0.6 is 0 Å². The van der Waals surface area contributed by atoms with Gasteiger partial charge in [-0.25, -0.2) is 0 Å². The zero-order valence-electron chi connectivity index (χ0n) is 16.4. The summed E-state index contributed by atoms with van der Waals surface area (Å²) in [7, 11) is 0. The lowest BCUT2D eigenvalue weighted by Crippen LogP contribution is -2.40. The van der Waals surface area contributed by atoms with Crippen molar-refractivity contribution in [3.63, 3.8) is 0 Å². The van der Waals surface area contributed by atoms with E-state index in [1.54, 1.807) is 0 Å². The molecule has 0 saturated heterocycles. The number of carbonyl (C=O) groups is 3. The van der Waals surface area contributed by atoms with Crippen LogP contribution in [0.4, 0.5) is 0 Å². The number of hydrogen-bond acceptors (Lipinski definition) is 5. The van der Waals surface area contributed by atoms with Crippen molar-refractivity contribution in [1.82, 2.24) is 10.6 Å². The highest BCUT2D eigenvalue weighted by molar-refractivity contribution is 5.87. The Bertz CT molecular complexity index is 413. The molecule has 6 nitrogen and oxygen atoms in total.